The standard InChI is InChI=1S/C16H26N2O/c1-13(14-8-9-14)18(2)11-10-16(17,12-19)15-6-4-3-5-7-15/h3-7,13-14,19H,8-12,17H2,1-2H3. The van der Waals surface area contributed by atoms with E-state index in [2.05, 4.69) is 18.9 Å². The lowest BCUT2D eigenvalue weighted by molar-refractivity contribution is 0.154. The molecule has 0 amide bonds. The molecular formula is C16H26N2O. The highest BCUT2D eigenvalue weighted by Gasteiger charge is 2.32. The van der Waals surface area contributed by atoms with Gasteiger partial charge in [0, 0.05) is 12.6 Å². The smallest absolute Gasteiger partial charge is 0.0656 e. The molecule has 2 atom stereocenters. The zero-order valence-corrected chi connectivity index (χ0v) is 12.0. The van der Waals surface area contributed by atoms with Gasteiger partial charge in [-0.05, 0) is 44.7 Å². The Bertz CT molecular complexity index is 391. The maximum atomic E-state index is 9.67. The van der Waals surface area contributed by atoms with Crippen LogP contribution in [0.25, 0.3) is 0 Å². The minimum Gasteiger partial charge on any atom is -0.394 e. The molecule has 0 aromatic heterocycles. The van der Waals surface area contributed by atoms with Gasteiger partial charge in [-0.25, -0.2) is 0 Å². The van der Waals surface area contributed by atoms with Gasteiger partial charge in [-0.3, -0.25) is 0 Å². The summed E-state index contributed by atoms with van der Waals surface area (Å²) in [5, 5.41) is 9.67. The molecule has 3 heteroatoms. The van der Waals surface area contributed by atoms with Crippen LogP contribution in [-0.2, 0) is 5.54 Å². The number of aliphatic hydroxyl groups excluding tert-OH is 1. The molecule has 1 aromatic carbocycles. The van der Waals surface area contributed by atoms with Crippen LogP contribution in [0.15, 0.2) is 30.3 Å². The Morgan fingerprint density at radius 3 is 2.53 bits per heavy atom. The van der Waals surface area contributed by atoms with Gasteiger partial charge >= 0.3 is 0 Å². The van der Waals surface area contributed by atoms with Gasteiger partial charge < -0.3 is 15.7 Å². The highest BCUT2D eigenvalue weighted by molar-refractivity contribution is 5.24. The molecule has 3 nitrogen and oxygen atoms in total. The number of rotatable bonds is 7. The quantitative estimate of drug-likeness (QED) is 0.789. The summed E-state index contributed by atoms with van der Waals surface area (Å²) in [4.78, 5) is 2.37. The van der Waals surface area contributed by atoms with E-state index in [9.17, 15) is 5.11 Å². The topological polar surface area (TPSA) is 49.5 Å². The van der Waals surface area contributed by atoms with Crippen LogP contribution in [-0.4, -0.2) is 36.2 Å². The first-order chi connectivity index (χ1) is 9.07. The summed E-state index contributed by atoms with van der Waals surface area (Å²) in [5.41, 5.74) is 6.77. The molecule has 1 aromatic rings. The molecule has 2 unspecified atom stereocenters. The van der Waals surface area contributed by atoms with Crippen molar-refractivity contribution in [3.05, 3.63) is 35.9 Å². The second-order valence-corrected chi connectivity index (χ2v) is 5.99. The van der Waals surface area contributed by atoms with Crippen molar-refractivity contribution in [2.75, 3.05) is 20.2 Å². The number of aliphatic hydroxyl groups is 1. The molecule has 1 aliphatic rings. The molecule has 0 saturated heterocycles. The van der Waals surface area contributed by atoms with Crippen molar-refractivity contribution >= 4 is 0 Å². The first-order valence-corrected chi connectivity index (χ1v) is 7.22. The molecule has 1 fully saturated rings. The van der Waals surface area contributed by atoms with Crippen molar-refractivity contribution in [3.8, 4) is 0 Å². The summed E-state index contributed by atoms with van der Waals surface area (Å²) in [5.74, 6) is 0.864. The Morgan fingerprint density at radius 2 is 2.00 bits per heavy atom. The molecule has 0 aliphatic heterocycles. The largest absolute Gasteiger partial charge is 0.394 e. The van der Waals surface area contributed by atoms with Crippen LogP contribution < -0.4 is 5.73 Å². The van der Waals surface area contributed by atoms with Gasteiger partial charge in [-0.1, -0.05) is 30.3 Å². The number of nitrogens with two attached hydrogens (primary N) is 1. The van der Waals surface area contributed by atoms with Gasteiger partial charge in [0.1, 0.15) is 0 Å². The summed E-state index contributed by atoms with van der Waals surface area (Å²) < 4.78 is 0. The number of nitrogens with zero attached hydrogens (tertiary/aromatic N) is 1. The van der Waals surface area contributed by atoms with E-state index in [1.807, 2.05) is 30.3 Å². The summed E-state index contributed by atoms with van der Waals surface area (Å²) in [6, 6.07) is 10.6. The molecule has 19 heavy (non-hydrogen) atoms. The van der Waals surface area contributed by atoms with Crippen LogP contribution in [0.2, 0.25) is 0 Å². The van der Waals surface area contributed by atoms with E-state index < -0.39 is 5.54 Å². The fourth-order valence-corrected chi connectivity index (χ4v) is 2.60. The molecule has 2 rings (SSSR count). The molecular weight excluding hydrogens is 236 g/mol. The minimum absolute atomic E-state index is 0.0112. The first-order valence-electron chi connectivity index (χ1n) is 7.22. The monoisotopic (exact) mass is 262 g/mol. The third-order valence-electron chi connectivity index (χ3n) is 4.54. The lowest BCUT2D eigenvalue weighted by Crippen LogP contribution is -2.44. The van der Waals surface area contributed by atoms with Gasteiger partial charge in [0.15, 0.2) is 0 Å². The maximum absolute atomic E-state index is 9.67. The minimum atomic E-state index is -0.626. The van der Waals surface area contributed by atoms with E-state index in [0.717, 1.165) is 24.4 Å². The molecule has 0 spiro atoms. The average molecular weight is 262 g/mol. The Morgan fingerprint density at radius 1 is 1.37 bits per heavy atom. The van der Waals surface area contributed by atoms with Crippen LogP contribution in [0.4, 0.5) is 0 Å². The number of benzene rings is 1. The van der Waals surface area contributed by atoms with Gasteiger partial charge in [-0.15, -0.1) is 0 Å². The highest BCUT2D eigenvalue weighted by atomic mass is 16.3. The first kappa shape index (κ1) is 14.5. The maximum Gasteiger partial charge on any atom is 0.0656 e. The van der Waals surface area contributed by atoms with Crippen molar-refractivity contribution in [2.45, 2.75) is 37.8 Å². The predicted octanol–water partition coefficient (Wildman–Crippen LogP) is 1.95. The summed E-state index contributed by atoms with van der Waals surface area (Å²) in [7, 11) is 2.16. The van der Waals surface area contributed by atoms with E-state index in [1.54, 1.807) is 0 Å². The SMILES string of the molecule is CC(C1CC1)N(C)CCC(N)(CO)c1ccccc1. The molecule has 0 heterocycles. The normalized spacial score (nSPS) is 20.3. The fourth-order valence-electron chi connectivity index (χ4n) is 2.60. The van der Waals surface area contributed by atoms with Gasteiger partial charge in [0.2, 0.25) is 0 Å². The molecule has 1 saturated carbocycles. The number of hydrogen-bond donors (Lipinski definition) is 2. The second kappa shape index (κ2) is 6.04. The lowest BCUT2D eigenvalue weighted by Gasteiger charge is -2.32. The lowest BCUT2D eigenvalue weighted by atomic mass is 9.88. The molecule has 0 bridgehead atoms. The van der Waals surface area contributed by atoms with E-state index >= 15 is 0 Å². The van der Waals surface area contributed by atoms with Crippen molar-refractivity contribution in [1.29, 1.82) is 0 Å². The fraction of sp³-hybridized carbons (Fsp3) is 0.625. The Hall–Kier alpha value is -0.900. The van der Waals surface area contributed by atoms with E-state index in [1.165, 1.54) is 12.8 Å². The predicted molar refractivity (Wildman–Crippen MR) is 78.8 cm³/mol. The third kappa shape index (κ3) is 3.56. The van der Waals surface area contributed by atoms with Crippen molar-refractivity contribution in [2.24, 2.45) is 11.7 Å². The highest BCUT2D eigenvalue weighted by Crippen LogP contribution is 2.35. The van der Waals surface area contributed by atoms with E-state index in [4.69, 9.17) is 5.73 Å². The third-order valence-corrected chi connectivity index (χ3v) is 4.54. The zero-order chi connectivity index (χ0) is 13.9. The van der Waals surface area contributed by atoms with Gasteiger partial charge in [0.05, 0.1) is 12.1 Å². The Kier molecular flexibility index (Phi) is 4.61. The summed E-state index contributed by atoms with van der Waals surface area (Å²) >= 11 is 0. The molecule has 1 aliphatic carbocycles. The van der Waals surface area contributed by atoms with E-state index in [0.29, 0.717) is 6.04 Å². The summed E-state index contributed by atoms with van der Waals surface area (Å²) in [6.45, 7) is 3.20. The van der Waals surface area contributed by atoms with Crippen LogP contribution in [0, 0.1) is 5.92 Å². The van der Waals surface area contributed by atoms with Crippen molar-refractivity contribution < 1.29 is 5.11 Å². The zero-order valence-electron chi connectivity index (χ0n) is 12.0. The Labute approximate surface area is 116 Å². The molecule has 0 radical (unpaired) electrons. The van der Waals surface area contributed by atoms with Gasteiger partial charge in [-0.2, -0.15) is 0 Å². The van der Waals surface area contributed by atoms with Crippen LogP contribution in [0.3, 0.4) is 0 Å². The average Bonchev–Trinajstić information content (AvgIpc) is 3.29. The Balaban J connectivity index is 1.94. The molecule has 106 valence electrons. The van der Waals surface area contributed by atoms with E-state index in [-0.39, 0.29) is 6.61 Å². The second-order valence-electron chi connectivity index (χ2n) is 5.99. The van der Waals surface area contributed by atoms with Crippen LogP contribution in [0.5, 0.6) is 0 Å². The van der Waals surface area contributed by atoms with Crippen molar-refractivity contribution in [3.63, 3.8) is 0 Å². The summed E-state index contributed by atoms with van der Waals surface area (Å²) in [6.07, 6.45) is 3.50. The van der Waals surface area contributed by atoms with Crippen molar-refractivity contribution in [1.82, 2.24) is 4.90 Å². The molecule has 3 N–H and O–H groups in total. The van der Waals surface area contributed by atoms with Crippen LogP contribution >= 0.6 is 0 Å². The number of hydrogen-bond acceptors (Lipinski definition) is 3. The van der Waals surface area contributed by atoms with Gasteiger partial charge in [0.25, 0.3) is 0 Å². The van der Waals surface area contributed by atoms with Crippen LogP contribution in [0.1, 0.15) is 31.7 Å².